The number of nitrogens with zero attached hydrogens (tertiary/aromatic N) is 1. The lowest BCUT2D eigenvalue weighted by Crippen LogP contribution is -2.50. The van der Waals surface area contributed by atoms with Crippen molar-refractivity contribution in [2.24, 2.45) is 11.7 Å². The first-order valence-electron chi connectivity index (χ1n) is 8.09. The number of hydrogen-bond donors (Lipinski definition) is 2. The van der Waals surface area contributed by atoms with Crippen LogP contribution in [-0.2, 0) is 19.6 Å². The number of rotatable bonds is 6. The molecule has 144 valence electrons. The van der Waals surface area contributed by atoms with E-state index in [2.05, 4.69) is 4.72 Å². The monoisotopic (exact) mass is 403 g/mol. The van der Waals surface area contributed by atoms with E-state index in [1.54, 1.807) is 0 Å². The molecule has 1 fully saturated rings. The third-order valence-electron chi connectivity index (χ3n) is 4.33. The summed E-state index contributed by atoms with van der Waals surface area (Å²) in [5.74, 6) is -0.859. The lowest BCUT2D eigenvalue weighted by molar-refractivity contribution is -0.136. The fourth-order valence-electron chi connectivity index (χ4n) is 2.87. The Kier molecular flexibility index (Phi) is 6.48. The lowest BCUT2D eigenvalue weighted by Gasteiger charge is -2.32. The van der Waals surface area contributed by atoms with Crippen molar-refractivity contribution < 1.29 is 22.7 Å². The molecule has 0 bridgehead atoms. The molecular formula is C16H22ClN3O5S. The Labute approximate surface area is 157 Å². The fourth-order valence-corrected chi connectivity index (χ4v) is 4.49. The molecule has 1 aliphatic heterocycles. The lowest BCUT2D eigenvalue weighted by atomic mass is 9.96. The van der Waals surface area contributed by atoms with Crippen molar-refractivity contribution in [3.63, 3.8) is 0 Å². The van der Waals surface area contributed by atoms with Gasteiger partial charge in [0.25, 0.3) is 0 Å². The average Bonchev–Trinajstić information content (AvgIpc) is 2.60. The number of likely N-dealkylation sites (tertiary alicyclic amines) is 1. The average molecular weight is 404 g/mol. The van der Waals surface area contributed by atoms with E-state index in [4.69, 9.17) is 22.1 Å². The maximum absolute atomic E-state index is 12.6. The number of carbonyl (C=O) groups is 2. The predicted molar refractivity (Wildman–Crippen MR) is 96.3 cm³/mol. The molecule has 1 saturated heterocycles. The first kappa shape index (κ1) is 20.5. The quantitative estimate of drug-likeness (QED) is 0.726. The van der Waals surface area contributed by atoms with Gasteiger partial charge in [-0.3, -0.25) is 9.59 Å². The van der Waals surface area contributed by atoms with Crippen molar-refractivity contribution >= 4 is 33.4 Å². The standard InChI is InChI=1S/C16H22ClN3O5S/c1-10(16(22)20-7-5-11(6-8-20)15(18)21)19-26(23,24)14-9-12(17)3-4-13(14)25-2/h3-4,9-11,19H,5-8H2,1-2H3,(H2,18,21)/t10-/m1/s1. The van der Waals surface area contributed by atoms with Gasteiger partial charge in [-0.25, -0.2) is 8.42 Å². The second-order valence-electron chi connectivity index (χ2n) is 6.14. The largest absolute Gasteiger partial charge is 0.495 e. The molecule has 0 spiro atoms. The Morgan fingerprint density at radius 3 is 2.50 bits per heavy atom. The molecule has 26 heavy (non-hydrogen) atoms. The van der Waals surface area contributed by atoms with Gasteiger partial charge in [-0.1, -0.05) is 11.6 Å². The van der Waals surface area contributed by atoms with Gasteiger partial charge in [-0.15, -0.1) is 0 Å². The minimum absolute atomic E-state index is 0.129. The van der Waals surface area contributed by atoms with Gasteiger partial charge in [0.2, 0.25) is 21.8 Å². The number of ether oxygens (including phenoxy) is 1. The van der Waals surface area contributed by atoms with Crippen molar-refractivity contribution in [1.29, 1.82) is 0 Å². The Morgan fingerprint density at radius 2 is 1.96 bits per heavy atom. The Hall–Kier alpha value is -1.84. The zero-order chi connectivity index (χ0) is 19.5. The number of sulfonamides is 1. The van der Waals surface area contributed by atoms with Crippen molar-refractivity contribution in [3.8, 4) is 5.75 Å². The van der Waals surface area contributed by atoms with Crippen LogP contribution in [0.15, 0.2) is 23.1 Å². The maximum atomic E-state index is 12.6. The number of hydrogen-bond acceptors (Lipinski definition) is 5. The van der Waals surface area contributed by atoms with Crippen molar-refractivity contribution in [1.82, 2.24) is 9.62 Å². The second-order valence-corrected chi connectivity index (χ2v) is 8.26. The molecule has 1 aromatic rings. The molecular weight excluding hydrogens is 382 g/mol. The number of primary amides is 1. The highest BCUT2D eigenvalue weighted by Gasteiger charge is 2.31. The molecule has 8 nitrogen and oxygen atoms in total. The van der Waals surface area contributed by atoms with Crippen LogP contribution in [0.5, 0.6) is 5.75 Å². The van der Waals surface area contributed by atoms with Gasteiger partial charge < -0.3 is 15.4 Å². The van der Waals surface area contributed by atoms with Crippen LogP contribution in [0.1, 0.15) is 19.8 Å². The molecule has 3 N–H and O–H groups in total. The van der Waals surface area contributed by atoms with E-state index in [-0.39, 0.29) is 33.4 Å². The van der Waals surface area contributed by atoms with Gasteiger partial charge in [-0.2, -0.15) is 4.72 Å². The topological polar surface area (TPSA) is 119 Å². The van der Waals surface area contributed by atoms with Crippen LogP contribution in [0.25, 0.3) is 0 Å². The minimum atomic E-state index is -4.01. The van der Waals surface area contributed by atoms with Crippen LogP contribution in [0.4, 0.5) is 0 Å². The molecule has 0 aromatic heterocycles. The van der Waals surface area contributed by atoms with Gasteiger partial charge >= 0.3 is 0 Å². The van der Waals surface area contributed by atoms with Crippen molar-refractivity contribution in [2.45, 2.75) is 30.7 Å². The number of carbonyl (C=O) groups excluding carboxylic acids is 2. The molecule has 1 aromatic carbocycles. The summed E-state index contributed by atoms with van der Waals surface area (Å²) < 4.78 is 32.7. The van der Waals surface area contributed by atoms with E-state index in [0.29, 0.717) is 25.9 Å². The fraction of sp³-hybridized carbons (Fsp3) is 0.500. The summed E-state index contributed by atoms with van der Waals surface area (Å²) in [6, 6.07) is 3.24. The second kappa shape index (κ2) is 8.24. The highest BCUT2D eigenvalue weighted by molar-refractivity contribution is 7.89. The maximum Gasteiger partial charge on any atom is 0.245 e. The molecule has 0 radical (unpaired) electrons. The number of piperidine rings is 1. The van der Waals surface area contributed by atoms with Crippen LogP contribution in [0.2, 0.25) is 5.02 Å². The molecule has 2 rings (SSSR count). The summed E-state index contributed by atoms with van der Waals surface area (Å²) in [5.41, 5.74) is 5.28. The molecule has 0 saturated carbocycles. The zero-order valence-corrected chi connectivity index (χ0v) is 16.1. The Bertz CT molecular complexity index is 791. The summed E-state index contributed by atoms with van der Waals surface area (Å²) in [5, 5.41) is 0.235. The van der Waals surface area contributed by atoms with E-state index < -0.39 is 16.1 Å². The number of amides is 2. The SMILES string of the molecule is COc1ccc(Cl)cc1S(=O)(=O)N[C@H](C)C(=O)N1CCC(C(N)=O)CC1. The van der Waals surface area contributed by atoms with E-state index in [0.717, 1.165) is 0 Å². The Balaban J connectivity index is 2.09. The zero-order valence-electron chi connectivity index (χ0n) is 14.6. The van der Waals surface area contributed by atoms with Gasteiger partial charge in [-0.05, 0) is 38.0 Å². The number of methoxy groups -OCH3 is 1. The van der Waals surface area contributed by atoms with Gasteiger partial charge in [0.1, 0.15) is 10.6 Å². The van der Waals surface area contributed by atoms with Crippen LogP contribution in [0.3, 0.4) is 0 Å². The normalized spacial score (nSPS) is 17.0. The molecule has 0 aliphatic carbocycles. The van der Waals surface area contributed by atoms with Crippen molar-refractivity contribution in [2.75, 3.05) is 20.2 Å². The van der Waals surface area contributed by atoms with Gasteiger partial charge in [0.05, 0.1) is 13.2 Å². The summed E-state index contributed by atoms with van der Waals surface area (Å²) in [7, 11) is -2.67. The molecule has 1 aliphatic rings. The number of nitrogens with two attached hydrogens (primary N) is 1. The Morgan fingerprint density at radius 1 is 1.35 bits per heavy atom. The number of halogens is 1. The summed E-state index contributed by atoms with van der Waals surface area (Å²) >= 11 is 5.88. The third kappa shape index (κ3) is 4.66. The smallest absolute Gasteiger partial charge is 0.245 e. The van der Waals surface area contributed by atoms with Crippen molar-refractivity contribution in [3.05, 3.63) is 23.2 Å². The van der Waals surface area contributed by atoms with Gasteiger partial charge in [0, 0.05) is 24.0 Å². The first-order valence-corrected chi connectivity index (χ1v) is 9.95. The van der Waals surface area contributed by atoms with E-state index in [9.17, 15) is 18.0 Å². The highest BCUT2D eigenvalue weighted by Crippen LogP contribution is 2.27. The molecule has 0 unspecified atom stereocenters. The van der Waals surface area contributed by atoms with Crippen LogP contribution in [0, 0.1) is 5.92 Å². The van der Waals surface area contributed by atoms with Gasteiger partial charge in [0.15, 0.2) is 0 Å². The molecule has 10 heteroatoms. The summed E-state index contributed by atoms with van der Waals surface area (Å²) in [6.45, 7) is 2.19. The summed E-state index contributed by atoms with van der Waals surface area (Å²) in [6.07, 6.45) is 0.950. The highest BCUT2D eigenvalue weighted by atomic mass is 35.5. The number of benzene rings is 1. The third-order valence-corrected chi connectivity index (χ3v) is 6.12. The molecule has 1 atom stereocenters. The predicted octanol–water partition coefficient (Wildman–Crippen LogP) is 0.739. The van der Waals surface area contributed by atoms with Crippen LogP contribution in [-0.4, -0.2) is 51.4 Å². The summed E-state index contributed by atoms with van der Waals surface area (Å²) in [4.78, 5) is 25.1. The number of nitrogens with one attached hydrogen (secondary N) is 1. The van der Waals surface area contributed by atoms with E-state index >= 15 is 0 Å². The van der Waals surface area contributed by atoms with E-state index in [1.165, 1.54) is 37.1 Å². The van der Waals surface area contributed by atoms with E-state index in [1.807, 2.05) is 0 Å². The molecule has 1 heterocycles. The minimum Gasteiger partial charge on any atom is -0.495 e. The van der Waals surface area contributed by atoms with Crippen LogP contribution >= 0.6 is 11.6 Å². The molecule has 2 amide bonds. The first-order chi connectivity index (χ1) is 12.2. The van der Waals surface area contributed by atoms with Crippen LogP contribution < -0.4 is 15.2 Å².